The van der Waals surface area contributed by atoms with E-state index in [4.69, 9.17) is 5.26 Å². The minimum Gasteiger partial charge on any atom is -0.506 e. The number of hydrogen-bond donors (Lipinski definition) is 1. The number of benzene rings is 1. The van der Waals surface area contributed by atoms with Crippen molar-refractivity contribution in [2.75, 3.05) is 7.11 Å². The van der Waals surface area contributed by atoms with E-state index >= 15 is 0 Å². The summed E-state index contributed by atoms with van der Waals surface area (Å²) in [6, 6.07) is 4.83. The number of carbonyl (C=O) groups is 1. The monoisotopic (exact) mass is 191 g/mol. The average Bonchev–Trinajstić information content (AvgIpc) is 2.18. The van der Waals surface area contributed by atoms with Crippen LogP contribution in [0.25, 0.3) is 0 Å². The summed E-state index contributed by atoms with van der Waals surface area (Å²) in [7, 11) is 1.22. The van der Waals surface area contributed by atoms with Gasteiger partial charge in [-0.15, -0.1) is 0 Å². The minimum atomic E-state index is -0.642. The van der Waals surface area contributed by atoms with Gasteiger partial charge < -0.3 is 9.84 Å². The fraction of sp³-hybridized carbons (Fsp3) is 0.200. The predicted octanol–water partition coefficient (Wildman–Crippen LogP) is 1.36. The van der Waals surface area contributed by atoms with Crippen LogP contribution in [0.15, 0.2) is 12.1 Å². The van der Waals surface area contributed by atoms with E-state index in [-0.39, 0.29) is 16.9 Å². The van der Waals surface area contributed by atoms with Crippen molar-refractivity contribution in [3.63, 3.8) is 0 Å². The number of phenols is 1. The number of rotatable bonds is 1. The molecule has 0 heterocycles. The number of nitrogens with zero attached hydrogens (tertiary/aromatic N) is 1. The first-order chi connectivity index (χ1) is 6.61. The number of carbonyl (C=O) groups excluding carboxylic acids is 1. The lowest BCUT2D eigenvalue weighted by molar-refractivity contribution is 0.0596. The Kier molecular flexibility index (Phi) is 2.73. The molecule has 4 heteroatoms. The maximum atomic E-state index is 11.2. The van der Waals surface area contributed by atoms with Crippen molar-refractivity contribution in [1.29, 1.82) is 5.26 Å². The highest BCUT2D eigenvalue weighted by molar-refractivity contribution is 5.94. The Morgan fingerprint density at radius 2 is 2.21 bits per heavy atom. The van der Waals surface area contributed by atoms with Gasteiger partial charge in [0.15, 0.2) is 0 Å². The van der Waals surface area contributed by atoms with Crippen molar-refractivity contribution in [2.24, 2.45) is 0 Å². The molecule has 0 spiro atoms. The van der Waals surface area contributed by atoms with Crippen LogP contribution in [0, 0.1) is 18.3 Å². The van der Waals surface area contributed by atoms with Crippen LogP contribution in [0.2, 0.25) is 0 Å². The molecule has 0 atom stereocenters. The summed E-state index contributed by atoms with van der Waals surface area (Å²) < 4.78 is 4.49. The topological polar surface area (TPSA) is 70.3 Å². The van der Waals surface area contributed by atoms with Gasteiger partial charge in [0.05, 0.1) is 12.7 Å². The van der Waals surface area contributed by atoms with Crippen molar-refractivity contribution in [3.8, 4) is 11.8 Å². The summed E-state index contributed by atoms with van der Waals surface area (Å²) >= 11 is 0. The second-order valence-corrected chi connectivity index (χ2v) is 2.76. The number of hydrogen-bond acceptors (Lipinski definition) is 4. The predicted molar refractivity (Wildman–Crippen MR) is 48.9 cm³/mol. The SMILES string of the molecule is COC(=O)c1c(C)ccc(C#N)c1O. The molecule has 0 fully saturated rings. The Balaban J connectivity index is 3.42. The maximum absolute atomic E-state index is 11.2. The molecule has 0 aliphatic rings. The van der Waals surface area contributed by atoms with Gasteiger partial charge in [-0.05, 0) is 18.6 Å². The van der Waals surface area contributed by atoms with Crippen molar-refractivity contribution in [1.82, 2.24) is 0 Å². The molecular formula is C10H9NO3. The van der Waals surface area contributed by atoms with Crippen LogP contribution < -0.4 is 0 Å². The molecule has 0 radical (unpaired) electrons. The fourth-order valence-corrected chi connectivity index (χ4v) is 1.14. The number of methoxy groups -OCH3 is 1. The first kappa shape index (κ1) is 10.1. The highest BCUT2D eigenvalue weighted by Crippen LogP contribution is 2.25. The highest BCUT2D eigenvalue weighted by atomic mass is 16.5. The molecule has 0 aliphatic heterocycles. The van der Waals surface area contributed by atoms with Gasteiger partial charge in [-0.25, -0.2) is 4.79 Å². The van der Waals surface area contributed by atoms with Gasteiger partial charge in [0.1, 0.15) is 17.4 Å². The number of phenolic OH excluding ortho intramolecular Hbond substituents is 1. The smallest absolute Gasteiger partial charge is 0.341 e. The highest BCUT2D eigenvalue weighted by Gasteiger charge is 2.17. The van der Waals surface area contributed by atoms with Crippen LogP contribution in [-0.2, 0) is 4.74 Å². The maximum Gasteiger partial charge on any atom is 0.341 e. The standard InChI is InChI=1S/C10H9NO3/c1-6-3-4-7(5-11)9(12)8(6)10(13)14-2/h3-4,12H,1-2H3. The molecule has 1 N–H and O–H groups in total. The van der Waals surface area contributed by atoms with E-state index in [1.165, 1.54) is 13.2 Å². The van der Waals surface area contributed by atoms with E-state index in [1.807, 2.05) is 0 Å². The Morgan fingerprint density at radius 1 is 1.57 bits per heavy atom. The second kappa shape index (κ2) is 3.79. The molecule has 1 aromatic carbocycles. The molecule has 14 heavy (non-hydrogen) atoms. The summed E-state index contributed by atoms with van der Waals surface area (Å²) in [4.78, 5) is 11.2. The lowest BCUT2D eigenvalue weighted by atomic mass is 10.0. The van der Waals surface area contributed by atoms with Crippen LogP contribution in [0.4, 0.5) is 0 Å². The Morgan fingerprint density at radius 3 is 2.71 bits per heavy atom. The van der Waals surface area contributed by atoms with E-state index in [0.717, 1.165) is 0 Å². The van der Waals surface area contributed by atoms with Gasteiger partial charge in [0.25, 0.3) is 0 Å². The van der Waals surface area contributed by atoms with E-state index in [1.54, 1.807) is 19.1 Å². The van der Waals surface area contributed by atoms with Crippen molar-refractivity contribution in [2.45, 2.75) is 6.92 Å². The first-order valence-electron chi connectivity index (χ1n) is 3.92. The zero-order valence-electron chi connectivity index (χ0n) is 7.87. The lowest BCUT2D eigenvalue weighted by Gasteiger charge is -2.06. The first-order valence-corrected chi connectivity index (χ1v) is 3.92. The number of aryl methyl sites for hydroxylation is 1. The summed E-state index contributed by atoms with van der Waals surface area (Å²) in [6.45, 7) is 1.66. The second-order valence-electron chi connectivity index (χ2n) is 2.76. The fourth-order valence-electron chi connectivity index (χ4n) is 1.14. The van der Waals surface area contributed by atoms with Gasteiger partial charge in [0, 0.05) is 0 Å². The molecule has 0 aromatic heterocycles. The van der Waals surface area contributed by atoms with E-state index in [9.17, 15) is 9.90 Å². The van der Waals surface area contributed by atoms with Crippen molar-refractivity contribution >= 4 is 5.97 Å². The molecule has 0 saturated carbocycles. The van der Waals surface area contributed by atoms with Crippen LogP contribution >= 0.6 is 0 Å². The third-order valence-corrected chi connectivity index (χ3v) is 1.90. The number of nitriles is 1. The van der Waals surface area contributed by atoms with Gasteiger partial charge in [-0.3, -0.25) is 0 Å². The lowest BCUT2D eigenvalue weighted by Crippen LogP contribution is -2.05. The van der Waals surface area contributed by atoms with E-state index in [2.05, 4.69) is 4.74 Å². The Bertz CT molecular complexity index is 418. The van der Waals surface area contributed by atoms with Crippen LogP contribution in [0.1, 0.15) is 21.5 Å². The van der Waals surface area contributed by atoms with Gasteiger partial charge in [0.2, 0.25) is 0 Å². The molecule has 72 valence electrons. The molecule has 1 aromatic rings. The molecule has 1 rings (SSSR count). The van der Waals surface area contributed by atoms with Gasteiger partial charge in [-0.1, -0.05) is 6.07 Å². The average molecular weight is 191 g/mol. The summed E-state index contributed by atoms with van der Waals surface area (Å²) in [6.07, 6.45) is 0. The number of aromatic hydroxyl groups is 1. The number of ether oxygens (including phenoxy) is 1. The molecule has 0 amide bonds. The number of esters is 1. The zero-order valence-corrected chi connectivity index (χ0v) is 7.87. The Labute approximate surface area is 81.4 Å². The quantitative estimate of drug-likeness (QED) is 0.680. The summed E-state index contributed by atoms with van der Waals surface area (Å²) in [5.74, 6) is -0.962. The van der Waals surface area contributed by atoms with Crippen molar-refractivity contribution < 1.29 is 14.6 Å². The van der Waals surface area contributed by atoms with Crippen molar-refractivity contribution in [3.05, 3.63) is 28.8 Å². The van der Waals surface area contributed by atoms with Gasteiger partial charge in [-0.2, -0.15) is 5.26 Å². The summed E-state index contributed by atoms with van der Waals surface area (Å²) in [5.41, 5.74) is 0.691. The van der Waals surface area contributed by atoms with Gasteiger partial charge >= 0.3 is 5.97 Å². The minimum absolute atomic E-state index is 0.0477. The summed E-state index contributed by atoms with van der Waals surface area (Å²) in [5, 5.41) is 18.2. The molecule has 0 aliphatic carbocycles. The van der Waals surface area contributed by atoms with Crippen LogP contribution in [0.5, 0.6) is 5.75 Å². The molecule has 0 bridgehead atoms. The third kappa shape index (κ3) is 1.52. The molecule has 0 unspecified atom stereocenters. The normalized spacial score (nSPS) is 9.21. The van der Waals surface area contributed by atoms with E-state index in [0.29, 0.717) is 5.56 Å². The van der Waals surface area contributed by atoms with Crippen LogP contribution in [0.3, 0.4) is 0 Å². The molecule has 4 nitrogen and oxygen atoms in total. The molecular weight excluding hydrogens is 182 g/mol. The van der Waals surface area contributed by atoms with E-state index < -0.39 is 5.97 Å². The molecule has 0 saturated heterocycles. The third-order valence-electron chi connectivity index (χ3n) is 1.90. The largest absolute Gasteiger partial charge is 0.506 e. The Hall–Kier alpha value is -2.02. The zero-order chi connectivity index (χ0) is 10.7. The van der Waals surface area contributed by atoms with Crippen LogP contribution in [-0.4, -0.2) is 18.2 Å².